The molecule has 1 aromatic rings. The fourth-order valence-corrected chi connectivity index (χ4v) is 2.34. The zero-order valence-electron chi connectivity index (χ0n) is 10.00. The van der Waals surface area contributed by atoms with E-state index in [1.165, 1.54) is 14.2 Å². The van der Waals surface area contributed by atoms with E-state index in [1.807, 2.05) is 12.1 Å². The third kappa shape index (κ3) is 4.93. The van der Waals surface area contributed by atoms with Crippen molar-refractivity contribution in [3.63, 3.8) is 0 Å². The summed E-state index contributed by atoms with van der Waals surface area (Å²) < 4.78 is 11.6. The third-order valence-corrected chi connectivity index (χ3v) is 3.28. The maximum atomic E-state index is 11.6. The van der Waals surface area contributed by atoms with Crippen LogP contribution in [-0.4, -0.2) is 33.1 Å². The van der Waals surface area contributed by atoms with Gasteiger partial charge in [-0.15, -0.1) is 0 Å². The number of halogens is 2. The fourth-order valence-electron chi connectivity index (χ4n) is 1.20. The van der Waals surface area contributed by atoms with Gasteiger partial charge in [0.25, 0.3) is 0 Å². The van der Waals surface area contributed by atoms with Crippen LogP contribution in [0.3, 0.4) is 0 Å². The first-order valence-corrected chi connectivity index (χ1v) is 6.71. The number of ether oxygens (including phenoxy) is 2. The van der Waals surface area contributed by atoms with Gasteiger partial charge in [-0.1, -0.05) is 15.9 Å². The van der Waals surface area contributed by atoms with Crippen molar-refractivity contribution in [3.05, 3.63) is 27.1 Å². The van der Waals surface area contributed by atoms with Gasteiger partial charge in [-0.25, -0.2) is 4.79 Å². The molecule has 100 valence electrons. The second kappa shape index (κ2) is 7.73. The summed E-state index contributed by atoms with van der Waals surface area (Å²) in [5.41, 5.74) is 0.682. The smallest absolute Gasteiger partial charge is 0.319 e. The van der Waals surface area contributed by atoms with Gasteiger partial charge < -0.3 is 20.1 Å². The zero-order valence-corrected chi connectivity index (χ0v) is 13.2. The summed E-state index contributed by atoms with van der Waals surface area (Å²) in [6.45, 7) is 0.271. The average Bonchev–Trinajstić information content (AvgIpc) is 2.34. The number of carbonyl (C=O) groups excluding carboxylic acids is 1. The molecule has 0 heterocycles. The molecule has 2 N–H and O–H groups in total. The molecule has 1 aromatic carbocycles. The SMILES string of the molecule is COC(CNC(=O)Nc1ccc(Br)cc1Br)OC. The first-order valence-electron chi connectivity index (χ1n) is 5.12. The number of urea groups is 1. The highest BCUT2D eigenvalue weighted by atomic mass is 79.9. The molecule has 0 atom stereocenters. The number of benzene rings is 1. The molecule has 5 nitrogen and oxygen atoms in total. The second-order valence-corrected chi connectivity index (χ2v) is 5.13. The summed E-state index contributed by atoms with van der Waals surface area (Å²) in [6, 6.07) is 5.16. The molecule has 0 radical (unpaired) electrons. The highest BCUT2D eigenvalue weighted by molar-refractivity contribution is 9.11. The van der Waals surface area contributed by atoms with Crippen molar-refractivity contribution in [2.75, 3.05) is 26.1 Å². The normalized spacial score (nSPS) is 10.5. The molecule has 0 aliphatic heterocycles. The van der Waals surface area contributed by atoms with Gasteiger partial charge in [0.05, 0.1) is 12.2 Å². The molecule has 0 saturated carbocycles. The lowest BCUT2D eigenvalue weighted by molar-refractivity contribution is -0.0970. The van der Waals surface area contributed by atoms with Gasteiger partial charge in [0, 0.05) is 23.2 Å². The van der Waals surface area contributed by atoms with Crippen LogP contribution in [0.1, 0.15) is 0 Å². The van der Waals surface area contributed by atoms with Crippen molar-refractivity contribution in [2.45, 2.75) is 6.29 Å². The Hall–Kier alpha value is -0.630. The molecular formula is C11H14Br2N2O3. The number of rotatable bonds is 5. The van der Waals surface area contributed by atoms with E-state index in [4.69, 9.17) is 9.47 Å². The average molecular weight is 382 g/mol. The first-order chi connectivity index (χ1) is 8.56. The molecule has 0 spiro atoms. The van der Waals surface area contributed by atoms with Crippen LogP contribution in [0.4, 0.5) is 10.5 Å². The minimum atomic E-state index is -0.455. The van der Waals surface area contributed by atoms with E-state index < -0.39 is 6.29 Å². The molecule has 0 saturated heterocycles. The summed E-state index contributed by atoms with van der Waals surface area (Å²) in [5, 5.41) is 5.35. The van der Waals surface area contributed by atoms with Gasteiger partial charge in [0.15, 0.2) is 6.29 Å². The molecule has 0 aromatic heterocycles. The molecule has 7 heteroatoms. The Morgan fingerprint density at radius 1 is 1.33 bits per heavy atom. The van der Waals surface area contributed by atoms with Gasteiger partial charge >= 0.3 is 6.03 Å². The zero-order chi connectivity index (χ0) is 13.5. The molecule has 18 heavy (non-hydrogen) atoms. The minimum absolute atomic E-state index is 0.271. The summed E-state index contributed by atoms with van der Waals surface area (Å²) in [4.78, 5) is 11.6. The summed E-state index contributed by atoms with van der Waals surface area (Å²) in [7, 11) is 3.03. The quantitative estimate of drug-likeness (QED) is 0.771. The lowest BCUT2D eigenvalue weighted by Gasteiger charge is -2.15. The van der Waals surface area contributed by atoms with Gasteiger partial charge in [-0.2, -0.15) is 0 Å². The number of nitrogens with one attached hydrogen (secondary N) is 2. The lowest BCUT2D eigenvalue weighted by atomic mass is 10.3. The fraction of sp³-hybridized carbons (Fsp3) is 0.364. The Morgan fingerprint density at radius 2 is 2.00 bits per heavy atom. The predicted octanol–water partition coefficient (Wildman–Crippen LogP) is 2.95. The van der Waals surface area contributed by atoms with E-state index in [9.17, 15) is 4.79 Å². The minimum Gasteiger partial charge on any atom is -0.354 e. The van der Waals surface area contributed by atoms with E-state index >= 15 is 0 Å². The number of hydrogen-bond acceptors (Lipinski definition) is 3. The van der Waals surface area contributed by atoms with E-state index in [-0.39, 0.29) is 12.6 Å². The molecule has 0 bridgehead atoms. The summed E-state index contributed by atoms with van der Waals surface area (Å²) >= 11 is 6.70. The number of amides is 2. The van der Waals surface area contributed by atoms with E-state index in [0.29, 0.717) is 5.69 Å². The van der Waals surface area contributed by atoms with Crippen molar-refractivity contribution >= 4 is 43.6 Å². The van der Waals surface area contributed by atoms with Crippen LogP contribution in [-0.2, 0) is 9.47 Å². The van der Waals surface area contributed by atoms with Crippen LogP contribution in [0.15, 0.2) is 27.1 Å². The Labute approximate surface area is 122 Å². The van der Waals surface area contributed by atoms with Crippen LogP contribution in [0.5, 0.6) is 0 Å². The molecule has 0 aliphatic carbocycles. The van der Waals surface area contributed by atoms with E-state index in [1.54, 1.807) is 6.07 Å². The summed E-state index contributed by atoms with van der Waals surface area (Å²) in [6.07, 6.45) is -0.455. The predicted molar refractivity (Wildman–Crippen MR) is 76.7 cm³/mol. The standard InChI is InChI=1S/C11H14Br2N2O3/c1-17-10(18-2)6-14-11(16)15-9-4-3-7(12)5-8(9)13/h3-5,10H,6H2,1-2H3,(H2,14,15,16). The van der Waals surface area contributed by atoms with Crippen LogP contribution < -0.4 is 10.6 Å². The highest BCUT2D eigenvalue weighted by Crippen LogP contribution is 2.25. The van der Waals surface area contributed by atoms with Crippen molar-refractivity contribution in [3.8, 4) is 0 Å². The largest absolute Gasteiger partial charge is 0.354 e. The van der Waals surface area contributed by atoms with Crippen LogP contribution in [0.2, 0.25) is 0 Å². The second-order valence-electron chi connectivity index (χ2n) is 3.36. The molecule has 0 fully saturated rings. The monoisotopic (exact) mass is 380 g/mol. The van der Waals surface area contributed by atoms with Crippen molar-refractivity contribution in [1.82, 2.24) is 5.32 Å². The maximum Gasteiger partial charge on any atom is 0.319 e. The molecule has 0 unspecified atom stereocenters. The highest BCUT2D eigenvalue weighted by Gasteiger charge is 2.09. The molecule has 1 rings (SSSR count). The van der Waals surface area contributed by atoms with Gasteiger partial charge in [0.2, 0.25) is 0 Å². The van der Waals surface area contributed by atoms with Crippen molar-refractivity contribution < 1.29 is 14.3 Å². The Kier molecular flexibility index (Phi) is 6.62. The van der Waals surface area contributed by atoms with Crippen LogP contribution in [0.25, 0.3) is 0 Å². The molecule has 0 aliphatic rings. The van der Waals surface area contributed by atoms with E-state index in [0.717, 1.165) is 8.95 Å². The Bertz CT molecular complexity index is 411. The van der Waals surface area contributed by atoms with Gasteiger partial charge in [0.1, 0.15) is 0 Å². The third-order valence-electron chi connectivity index (χ3n) is 2.13. The van der Waals surface area contributed by atoms with Gasteiger partial charge in [-0.05, 0) is 34.1 Å². The lowest BCUT2D eigenvalue weighted by Crippen LogP contribution is -2.36. The number of anilines is 1. The number of methoxy groups -OCH3 is 2. The summed E-state index contributed by atoms with van der Waals surface area (Å²) in [5.74, 6) is 0. The maximum absolute atomic E-state index is 11.6. The Morgan fingerprint density at radius 3 is 2.56 bits per heavy atom. The number of carbonyl (C=O) groups is 1. The topological polar surface area (TPSA) is 59.6 Å². The van der Waals surface area contributed by atoms with Crippen molar-refractivity contribution in [2.24, 2.45) is 0 Å². The van der Waals surface area contributed by atoms with Crippen LogP contribution >= 0.6 is 31.9 Å². The van der Waals surface area contributed by atoms with Crippen molar-refractivity contribution in [1.29, 1.82) is 0 Å². The first kappa shape index (κ1) is 15.4. The molecule has 2 amide bonds. The molecular weight excluding hydrogens is 368 g/mol. The number of hydrogen-bond donors (Lipinski definition) is 2. The Balaban J connectivity index is 2.49. The van der Waals surface area contributed by atoms with Gasteiger partial charge in [-0.3, -0.25) is 0 Å². The van der Waals surface area contributed by atoms with Crippen LogP contribution in [0, 0.1) is 0 Å². The van der Waals surface area contributed by atoms with E-state index in [2.05, 4.69) is 42.5 Å².